The quantitative estimate of drug-likeness (QED) is 0.104. The van der Waals surface area contributed by atoms with Gasteiger partial charge in [-0.1, -0.05) is 18.2 Å². The number of rotatable bonds is 12. The zero-order chi connectivity index (χ0) is 23.7. The SMILES string of the molecule is NC(N)=NCCC[C@H](NC(=O)[C@@H](N)CO)C(=O)N[C@@H](Cc1c[nH]c2ccccc12)C(=O)O. The van der Waals surface area contributed by atoms with Crippen molar-refractivity contribution in [3.05, 3.63) is 36.0 Å². The number of hydrogen-bond acceptors (Lipinski definition) is 6. The van der Waals surface area contributed by atoms with Crippen molar-refractivity contribution in [3.8, 4) is 0 Å². The second-order valence-electron chi connectivity index (χ2n) is 7.26. The second-order valence-corrected chi connectivity index (χ2v) is 7.26. The van der Waals surface area contributed by atoms with Crippen molar-refractivity contribution < 1.29 is 24.6 Å². The molecule has 1 aromatic carbocycles. The summed E-state index contributed by atoms with van der Waals surface area (Å²) in [4.78, 5) is 43.6. The van der Waals surface area contributed by atoms with E-state index in [0.29, 0.717) is 6.42 Å². The number of nitrogens with zero attached hydrogens (tertiary/aromatic N) is 1. The van der Waals surface area contributed by atoms with E-state index in [1.807, 2.05) is 24.3 Å². The van der Waals surface area contributed by atoms with Gasteiger partial charge in [0.05, 0.1) is 6.61 Å². The molecule has 1 aromatic heterocycles. The second kappa shape index (κ2) is 11.7. The summed E-state index contributed by atoms with van der Waals surface area (Å²) in [5.74, 6) is -2.76. The summed E-state index contributed by atoms with van der Waals surface area (Å²) in [6, 6.07) is 3.87. The van der Waals surface area contributed by atoms with Crippen LogP contribution in [0.25, 0.3) is 10.9 Å². The highest BCUT2D eigenvalue weighted by Crippen LogP contribution is 2.19. The Bertz CT molecular complexity index is 970. The fourth-order valence-corrected chi connectivity index (χ4v) is 3.13. The number of carboxylic acids is 1. The molecule has 32 heavy (non-hydrogen) atoms. The van der Waals surface area contributed by atoms with Crippen molar-refractivity contribution in [2.45, 2.75) is 37.4 Å². The van der Waals surface area contributed by atoms with Crippen molar-refractivity contribution in [3.63, 3.8) is 0 Å². The lowest BCUT2D eigenvalue weighted by Gasteiger charge is -2.22. The summed E-state index contributed by atoms with van der Waals surface area (Å²) >= 11 is 0. The minimum absolute atomic E-state index is 0.0376. The molecule has 0 aliphatic rings. The maximum Gasteiger partial charge on any atom is 0.326 e. The van der Waals surface area contributed by atoms with Gasteiger partial charge in [-0.15, -0.1) is 0 Å². The number of H-pyrrole nitrogens is 1. The number of aromatic nitrogens is 1. The maximum atomic E-state index is 12.8. The molecule has 3 atom stereocenters. The third-order valence-electron chi connectivity index (χ3n) is 4.83. The number of aliphatic hydroxyl groups excluding tert-OH is 1. The minimum atomic E-state index is -1.23. The molecular formula is C20H29N7O5. The smallest absolute Gasteiger partial charge is 0.326 e. The van der Waals surface area contributed by atoms with Crippen LogP contribution < -0.4 is 27.8 Å². The summed E-state index contributed by atoms with van der Waals surface area (Å²) in [6.07, 6.45) is 2.20. The topological polar surface area (TPSA) is 222 Å². The summed E-state index contributed by atoms with van der Waals surface area (Å²) in [5.41, 5.74) is 17.6. The van der Waals surface area contributed by atoms with Crippen LogP contribution in [0.5, 0.6) is 0 Å². The number of aliphatic imine (C=N–C) groups is 1. The van der Waals surface area contributed by atoms with Crippen molar-refractivity contribution in [2.75, 3.05) is 13.2 Å². The lowest BCUT2D eigenvalue weighted by Crippen LogP contribution is -2.55. The van der Waals surface area contributed by atoms with E-state index in [4.69, 9.17) is 22.3 Å². The molecule has 2 aromatic rings. The van der Waals surface area contributed by atoms with Crippen LogP contribution in [0.15, 0.2) is 35.5 Å². The van der Waals surface area contributed by atoms with Crippen LogP contribution in [0.3, 0.4) is 0 Å². The number of carbonyl (C=O) groups is 3. The van der Waals surface area contributed by atoms with Crippen LogP contribution in [0.4, 0.5) is 0 Å². The molecule has 0 aliphatic heterocycles. The Morgan fingerprint density at radius 2 is 1.78 bits per heavy atom. The molecule has 0 bridgehead atoms. The van der Waals surface area contributed by atoms with Gasteiger partial charge >= 0.3 is 5.97 Å². The van der Waals surface area contributed by atoms with Crippen LogP contribution >= 0.6 is 0 Å². The number of hydrogen-bond donors (Lipinski definition) is 8. The largest absolute Gasteiger partial charge is 0.480 e. The molecule has 174 valence electrons. The van der Waals surface area contributed by atoms with Gasteiger partial charge in [0.25, 0.3) is 0 Å². The number of aromatic amines is 1. The first-order valence-corrected chi connectivity index (χ1v) is 10.0. The Morgan fingerprint density at radius 3 is 2.44 bits per heavy atom. The van der Waals surface area contributed by atoms with Gasteiger partial charge in [-0.3, -0.25) is 14.6 Å². The highest BCUT2D eigenvalue weighted by molar-refractivity contribution is 5.92. The third kappa shape index (κ3) is 6.96. The van der Waals surface area contributed by atoms with Gasteiger partial charge in [-0.2, -0.15) is 0 Å². The van der Waals surface area contributed by atoms with E-state index in [9.17, 15) is 19.5 Å². The zero-order valence-electron chi connectivity index (χ0n) is 17.5. The molecular weight excluding hydrogens is 418 g/mol. The first kappa shape index (κ1) is 24.6. The van der Waals surface area contributed by atoms with E-state index in [0.717, 1.165) is 16.5 Å². The summed E-state index contributed by atoms with van der Waals surface area (Å²) in [6.45, 7) is -0.391. The van der Waals surface area contributed by atoms with Crippen LogP contribution in [-0.4, -0.2) is 70.2 Å². The van der Waals surface area contributed by atoms with Gasteiger partial charge in [-0.25, -0.2) is 4.79 Å². The molecule has 2 rings (SSSR count). The van der Waals surface area contributed by atoms with Gasteiger partial charge in [0, 0.05) is 30.1 Å². The number of aliphatic carboxylic acids is 1. The van der Waals surface area contributed by atoms with Crippen LogP contribution in [0, 0.1) is 0 Å². The van der Waals surface area contributed by atoms with E-state index in [1.54, 1.807) is 6.20 Å². The lowest BCUT2D eigenvalue weighted by atomic mass is 10.0. The molecule has 11 N–H and O–H groups in total. The van der Waals surface area contributed by atoms with Crippen LogP contribution in [0.2, 0.25) is 0 Å². The molecule has 0 radical (unpaired) electrons. The van der Waals surface area contributed by atoms with Crippen LogP contribution in [-0.2, 0) is 20.8 Å². The Balaban J connectivity index is 2.12. The summed E-state index contributed by atoms with van der Waals surface area (Å²) < 4.78 is 0. The maximum absolute atomic E-state index is 12.8. The number of fused-ring (bicyclic) bond motifs is 1. The number of amides is 2. The fraction of sp³-hybridized carbons (Fsp3) is 0.400. The summed E-state index contributed by atoms with van der Waals surface area (Å²) in [7, 11) is 0. The lowest BCUT2D eigenvalue weighted by molar-refractivity contribution is -0.142. The average Bonchev–Trinajstić information content (AvgIpc) is 3.17. The van der Waals surface area contributed by atoms with Crippen molar-refractivity contribution in [2.24, 2.45) is 22.2 Å². The molecule has 12 nitrogen and oxygen atoms in total. The normalized spacial score (nSPS) is 13.7. The predicted octanol–water partition coefficient (Wildman–Crippen LogP) is -1.86. The number of carboxylic acid groups (broad SMARTS) is 1. The summed E-state index contributed by atoms with van der Waals surface area (Å²) in [5, 5.41) is 24.5. The van der Waals surface area contributed by atoms with Gasteiger partial charge in [0.15, 0.2) is 5.96 Å². The van der Waals surface area contributed by atoms with E-state index in [1.165, 1.54) is 0 Å². The fourth-order valence-electron chi connectivity index (χ4n) is 3.13. The number of carbonyl (C=O) groups excluding carboxylic acids is 2. The Morgan fingerprint density at radius 1 is 1.09 bits per heavy atom. The van der Waals surface area contributed by atoms with Crippen molar-refractivity contribution >= 4 is 34.6 Å². The molecule has 12 heteroatoms. The molecule has 0 saturated carbocycles. The minimum Gasteiger partial charge on any atom is -0.480 e. The highest BCUT2D eigenvalue weighted by atomic mass is 16.4. The number of para-hydroxylation sites is 1. The number of aliphatic hydroxyl groups is 1. The molecule has 0 aliphatic carbocycles. The molecule has 0 saturated heterocycles. The molecule has 0 unspecified atom stereocenters. The monoisotopic (exact) mass is 447 g/mol. The highest BCUT2D eigenvalue weighted by Gasteiger charge is 2.28. The van der Waals surface area contributed by atoms with E-state index in [2.05, 4.69) is 20.6 Å². The first-order valence-electron chi connectivity index (χ1n) is 10.0. The Kier molecular flexibility index (Phi) is 8.98. The standard InChI is InChI=1S/C20H29N7O5/c21-13(10-28)17(29)26-15(6-3-7-24-20(22)23)18(30)27-16(19(31)32)8-11-9-25-14-5-2-1-4-12(11)14/h1-2,4-5,9,13,15-16,25,28H,3,6-8,10,21H2,(H,26,29)(H,27,30)(H,31,32)(H4,22,23,24)/t13-,15-,16-/m0/s1. The molecule has 0 spiro atoms. The van der Waals surface area contributed by atoms with Crippen LogP contribution in [0.1, 0.15) is 18.4 Å². The van der Waals surface area contributed by atoms with E-state index in [-0.39, 0.29) is 25.3 Å². The van der Waals surface area contributed by atoms with Gasteiger partial charge in [0.2, 0.25) is 11.8 Å². The van der Waals surface area contributed by atoms with Gasteiger partial charge < -0.3 is 43.0 Å². The number of nitrogens with two attached hydrogens (primary N) is 3. The third-order valence-corrected chi connectivity index (χ3v) is 4.83. The van der Waals surface area contributed by atoms with E-state index >= 15 is 0 Å². The first-order chi connectivity index (χ1) is 15.2. The number of benzene rings is 1. The molecule has 0 fully saturated rings. The number of guanidine groups is 1. The van der Waals surface area contributed by atoms with Crippen molar-refractivity contribution in [1.82, 2.24) is 15.6 Å². The number of nitrogens with one attached hydrogen (secondary N) is 3. The Hall–Kier alpha value is -3.64. The van der Waals surface area contributed by atoms with Gasteiger partial charge in [-0.05, 0) is 24.5 Å². The van der Waals surface area contributed by atoms with E-state index < -0.39 is 42.5 Å². The molecule has 2 amide bonds. The predicted molar refractivity (Wildman–Crippen MR) is 118 cm³/mol. The van der Waals surface area contributed by atoms with Crippen molar-refractivity contribution in [1.29, 1.82) is 0 Å². The van der Waals surface area contributed by atoms with Gasteiger partial charge in [0.1, 0.15) is 18.1 Å². The Labute approximate surface area is 184 Å². The average molecular weight is 447 g/mol. The molecule has 1 heterocycles. The zero-order valence-corrected chi connectivity index (χ0v) is 17.5.